The van der Waals surface area contributed by atoms with Crippen molar-refractivity contribution in [2.24, 2.45) is 0 Å². The molecule has 2 aromatic heterocycles. The summed E-state index contributed by atoms with van der Waals surface area (Å²) in [6, 6.07) is 7.38. The van der Waals surface area contributed by atoms with Gasteiger partial charge in [-0.05, 0) is 68.2 Å². The number of nitrogens with one attached hydrogen (secondary N) is 3. The molecule has 12 heteroatoms. The Morgan fingerprint density at radius 3 is 2.35 bits per heavy atom. The Kier molecular flexibility index (Phi) is 10.2. The topological polar surface area (TPSA) is 169 Å². The molecule has 3 rings (SSSR count). The molecule has 0 bridgehead atoms. The number of aromatic nitrogens is 3. The number of anilines is 1. The maximum Gasteiger partial charge on any atom is 0.328 e. The van der Waals surface area contributed by atoms with Gasteiger partial charge >= 0.3 is 11.9 Å². The quantitative estimate of drug-likeness (QED) is 0.304. The minimum Gasteiger partial charge on any atom is -0.466 e. The van der Waals surface area contributed by atoms with Crippen LogP contribution < -0.4 is 16.2 Å². The maximum atomic E-state index is 12.8. The molecule has 0 spiro atoms. The first-order valence-electron chi connectivity index (χ1n) is 12.7. The van der Waals surface area contributed by atoms with Gasteiger partial charge in [-0.2, -0.15) is 4.98 Å². The van der Waals surface area contributed by atoms with Crippen molar-refractivity contribution in [3.8, 4) is 0 Å². The Hall–Kier alpha value is -4.87. The highest BCUT2D eigenvalue weighted by atomic mass is 16.5. The van der Waals surface area contributed by atoms with Crippen LogP contribution in [0.5, 0.6) is 0 Å². The minimum atomic E-state index is -0.995. The summed E-state index contributed by atoms with van der Waals surface area (Å²) in [4.78, 5) is 71.4. The summed E-state index contributed by atoms with van der Waals surface area (Å²) in [5.41, 5.74) is 2.39. The van der Waals surface area contributed by atoms with E-state index in [-0.39, 0.29) is 48.9 Å². The fourth-order valence-corrected chi connectivity index (χ4v) is 3.79. The van der Waals surface area contributed by atoms with E-state index in [0.717, 1.165) is 11.1 Å². The number of nitrogens with zero attached hydrogens (tertiary/aromatic N) is 2. The smallest absolute Gasteiger partial charge is 0.328 e. The minimum absolute atomic E-state index is 0.0219. The van der Waals surface area contributed by atoms with Crippen LogP contribution in [0.25, 0.3) is 22.7 Å². The first-order valence-corrected chi connectivity index (χ1v) is 12.7. The van der Waals surface area contributed by atoms with E-state index in [1.54, 1.807) is 50.4 Å². The molecule has 2 amide bonds. The Morgan fingerprint density at radius 1 is 1.02 bits per heavy atom. The van der Waals surface area contributed by atoms with Crippen LogP contribution in [0, 0.1) is 0 Å². The number of ether oxygens (including phenoxy) is 2. The van der Waals surface area contributed by atoms with E-state index in [1.165, 1.54) is 6.92 Å². The number of carbonyl (C=O) groups is 4. The standard InChI is InChI=1S/C28H31N5O7/c1-5-39-23(35)12-11-22(27(38)40-6-2)31-25(36)20-9-7-19(8-10-20)16(3)13-18-14-21-24(29-15-18)32-28(30-17(4)34)33-26(21)37/h7-10,13-15,22H,5-6,11-12H2,1-4H3,(H,31,36)(H2,29,30,32,33,34,37)/b16-13+/t22-/m0/s1. The first-order chi connectivity index (χ1) is 19.1. The zero-order chi connectivity index (χ0) is 29.2. The van der Waals surface area contributed by atoms with Crippen LogP contribution in [-0.4, -0.2) is 58.0 Å². The van der Waals surface area contributed by atoms with Crippen molar-refractivity contribution in [1.82, 2.24) is 20.3 Å². The summed E-state index contributed by atoms with van der Waals surface area (Å²) in [6.07, 6.45) is 3.40. The normalized spacial score (nSPS) is 11.9. The molecule has 2 heterocycles. The lowest BCUT2D eigenvalue weighted by molar-refractivity contribution is -0.146. The molecule has 0 aliphatic carbocycles. The van der Waals surface area contributed by atoms with Crippen LogP contribution in [-0.2, 0) is 23.9 Å². The molecule has 0 fully saturated rings. The summed E-state index contributed by atoms with van der Waals surface area (Å²) in [5.74, 6) is -1.92. The molecule has 0 aliphatic rings. The van der Waals surface area contributed by atoms with Crippen molar-refractivity contribution >= 4 is 52.4 Å². The number of pyridine rings is 1. The molecular formula is C28H31N5O7. The predicted octanol–water partition coefficient (Wildman–Crippen LogP) is 2.84. The third kappa shape index (κ3) is 8.06. The van der Waals surface area contributed by atoms with E-state index in [2.05, 4.69) is 25.6 Å². The van der Waals surface area contributed by atoms with E-state index in [9.17, 15) is 24.0 Å². The summed E-state index contributed by atoms with van der Waals surface area (Å²) in [7, 11) is 0. The molecule has 0 saturated carbocycles. The van der Waals surface area contributed by atoms with Gasteiger partial charge in [-0.25, -0.2) is 9.78 Å². The molecule has 0 saturated heterocycles. The van der Waals surface area contributed by atoms with Crippen LogP contribution in [0.4, 0.5) is 5.95 Å². The van der Waals surface area contributed by atoms with E-state index in [4.69, 9.17) is 9.47 Å². The van der Waals surface area contributed by atoms with E-state index < -0.39 is 29.4 Å². The van der Waals surface area contributed by atoms with Gasteiger partial charge in [-0.3, -0.25) is 29.5 Å². The Labute approximate surface area is 230 Å². The van der Waals surface area contributed by atoms with E-state index in [0.29, 0.717) is 11.1 Å². The molecule has 12 nitrogen and oxygen atoms in total. The van der Waals surface area contributed by atoms with Crippen LogP contribution >= 0.6 is 0 Å². The highest BCUT2D eigenvalue weighted by Crippen LogP contribution is 2.20. The third-order valence-corrected chi connectivity index (χ3v) is 5.68. The van der Waals surface area contributed by atoms with Crippen molar-refractivity contribution in [2.75, 3.05) is 18.5 Å². The van der Waals surface area contributed by atoms with E-state index >= 15 is 0 Å². The van der Waals surface area contributed by atoms with Gasteiger partial charge in [0.2, 0.25) is 11.9 Å². The van der Waals surface area contributed by atoms with Gasteiger partial charge < -0.3 is 14.8 Å². The van der Waals surface area contributed by atoms with E-state index in [1.807, 2.05) is 13.0 Å². The zero-order valence-electron chi connectivity index (χ0n) is 22.7. The Morgan fingerprint density at radius 2 is 1.70 bits per heavy atom. The average Bonchev–Trinajstić information content (AvgIpc) is 2.91. The number of carbonyl (C=O) groups excluding carboxylic acids is 4. The first kappa shape index (κ1) is 29.7. The van der Waals surface area contributed by atoms with Gasteiger partial charge in [0.15, 0.2) is 5.65 Å². The lowest BCUT2D eigenvalue weighted by Crippen LogP contribution is -2.42. The molecule has 40 heavy (non-hydrogen) atoms. The van der Waals surface area contributed by atoms with Crippen molar-refractivity contribution in [3.63, 3.8) is 0 Å². The van der Waals surface area contributed by atoms with Crippen molar-refractivity contribution < 1.29 is 28.7 Å². The van der Waals surface area contributed by atoms with Gasteiger partial charge in [0, 0.05) is 25.1 Å². The average molecular weight is 550 g/mol. The van der Waals surface area contributed by atoms with Gasteiger partial charge in [-0.1, -0.05) is 12.1 Å². The monoisotopic (exact) mass is 549 g/mol. The number of rotatable bonds is 11. The van der Waals surface area contributed by atoms with Gasteiger partial charge in [-0.15, -0.1) is 0 Å². The van der Waals surface area contributed by atoms with Crippen LogP contribution in [0.1, 0.15) is 62.0 Å². The highest BCUT2D eigenvalue weighted by molar-refractivity contribution is 5.97. The van der Waals surface area contributed by atoms with Crippen LogP contribution in [0.15, 0.2) is 41.3 Å². The van der Waals surface area contributed by atoms with Gasteiger partial charge in [0.1, 0.15) is 6.04 Å². The number of fused-ring (bicyclic) bond motifs is 1. The predicted molar refractivity (Wildman–Crippen MR) is 148 cm³/mol. The second kappa shape index (κ2) is 13.8. The molecule has 3 N–H and O–H groups in total. The van der Waals surface area contributed by atoms with Gasteiger partial charge in [0.25, 0.3) is 11.5 Å². The summed E-state index contributed by atoms with van der Waals surface area (Å²) in [5, 5.41) is 5.33. The second-order valence-electron chi connectivity index (χ2n) is 8.76. The number of hydrogen-bond donors (Lipinski definition) is 3. The molecule has 0 radical (unpaired) electrons. The fourth-order valence-electron chi connectivity index (χ4n) is 3.79. The fraction of sp³-hybridized carbons (Fsp3) is 0.321. The largest absolute Gasteiger partial charge is 0.466 e. The lowest BCUT2D eigenvalue weighted by Gasteiger charge is -2.17. The molecule has 1 aromatic carbocycles. The lowest BCUT2D eigenvalue weighted by atomic mass is 10.0. The summed E-state index contributed by atoms with van der Waals surface area (Å²) in [6.45, 7) is 6.88. The Balaban J connectivity index is 1.74. The third-order valence-electron chi connectivity index (χ3n) is 5.68. The Bertz CT molecular complexity index is 1500. The molecule has 1 atom stereocenters. The van der Waals surface area contributed by atoms with Crippen molar-refractivity contribution in [3.05, 3.63) is 63.6 Å². The number of aromatic amines is 1. The SMILES string of the molecule is CCOC(=O)CC[C@H](NC(=O)c1ccc(/C(C)=C/c2cnc3nc(NC(C)=O)[nH]c(=O)c3c2)cc1)C(=O)OCC. The number of benzene rings is 1. The number of H-pyrrole nitrogens is 1. The number of hydrogen-bond acceptors (Lipinski definition) is 9. The summed E-state index contributed by atoms with van der Waals surface area (Å²) < 4.78 is 9.93. The number of allylic oxidation sites excluding steroid dienone is 1. The van der Waals surface area contributed by atoms with Crippen LogP contribution in [0.2, 0.25) is 0 Å². The number of amides is 2. The maximum absolute atomic E-state index is 12.8. The molecule has 0 aliphatic heterocycles. The van der Waals surface area contributed by atoms with Crippen molar-refractivity contribution in [1.29, 1.82) is 0 Å². The molecule has 0 unspecified atom stereocenters. The van der Waals surface area contributed by atoms with Crippen LogP contribution in [0.3, 0.4) is 0 Å². The second-order valence-corrected chi connectivity index (χ2v) is 8.76. The number of esters is 2. The molecular weight excluding hydrogens is 518 g/mol. The highest BCUT2D eigenvalue weighted by Gasteiger charge is 2.24. The van der Waals surface area contributed by atoms with Gasteiger partial charge in [0.05, 0.1) is 18.6 Å². The molecule has 3 aromatic rings. The van der Waals surface area contributed by atoms with Crippen molar-refractivity contribution in [2.45, 2.75) is 46.6 Å². The summed E-state index contributed by atoms with van der Waals surface area (Å²) >= 11 is 0. The zero-order valence-corrected chi connectivity index (χ0v) is 22.7. The molecule has 210 valence electrons.